The quantitative estimate of drug-likeness (QED) is 0.0212. The summed E-state index contributed by atoms with van der Waals surface area (Å²) in [4.78, 5) is 23.3. The molecule has 0 aromatic rings. The molecule has 54 heavy (non-hydrogen) atoms. The summed E-state index contributed by atoms with van der Waals surface area (Å²) in [5, 5.41) is 74.1. The minimum atomic E-state index is -5.11. The first-order chi connectivity index (χ1) is 25.8. The van der Waals surface area contributed by atoms with Gasteiger partial charge >= 0.3 is 7.82 Å². The van der Waals surface area contributed by atoms with Crippen LogP contribution >= 0.6 is 7.82 Å². The van der Waals surface area contributed by atoms with Crippen molar-refractivity contribution in [1.82, 2.24) is 5.32 Å². The van der Waals surface area contributed by atoms with Crippen molar-refractivity contribution in [1.29, 1.82) is 0 Å². The highest BCUT2D eigenvalue weighted by atomic mass is 31.2. The van der Waals surface area contributed by atoms with Crippen molar-refractivity contribution in [3.8, 4) is 0 Å². The fraction of sp³-hybridized carbons (Fsp3) is 0.925. The lowest BCUT2D eigenvalue weighted by Gasteiger charge is -2.41. The van der Waals surface area contributed by atoms with Crippen LogP contribution in [0, 0.1) is 0 Å². The molecule has 0 radical (unpaired) electrons. The molecule has 1 amide bonds. The molecule has 0 aliphatic heterocycles. The zero-order chi connectivity index (χ0) is 40.2. The predicted octanol–water partition coefficient (Wildman–Crippen LogP) is 5.86. The number of rotatable bonds is 34. The van der Waals surface area contributed by atoms with E-state index in [4.69, 9.17) is 9.05 Å². The van der Waals surface area contributed by atoms with Crippen molar-refractivity contribution in [3.63, 3.8) is 0 Å². The van der Waals surface area contributed by atoms with Gasteiger partial charge in [-0.3, -0.25) is 13.8 Å². The zero-order valence-electron chi connectivity index (χ0n) is 33.4. The van der Waals surface area contributed by atoms with E-state index in [-0.39, 0.29) is 19.3 Å². The lowest BCUT2D eigenvalue weighted by molar-refractivity contribution is -0.220. The Balaban J connectivity index is 2.55. The first kappa shape index (κ1) is 51.1. The number of allylic oxidation sites excluding steroid dienone is 1. The van der Waals surface area contributed by atoms with E-state index in [1.165, 1.54) is 83.5 Å². The summed E-state index contributed by atoms with van der Waals surface area (Å²) in [6, 6.07) is -1.16. The van der Waals surface area contributed by atoms with E-state index < -0.39 is 75.2 Å². The first-order valence-electron chi connectivity index (χ1n) is 21.2. The maximum Gasteiger partial charge on any atom is 0.472 e. The number of nitrogens with one attached hydrogen (secondary N) is 1. The molecule has 0 aromatic heterocycles. The second-order valence-corrected chi connectivity index (χ2v) is 16.8. The van der Waals surface area contributed by atoms with Crippen molar-refractivity contribution in [2.75, 3.05) is 6.61 Å². The third-order valence-corrected chi connectivity index (χ3v) is 11.4. The molecule has 8 unspecified atom stereocenters. The SMILES string of the molecule is CCCCCC/C=C\CC(O)CC(=O)NC(COP(=O)(O)OC1C(O)C(O)C(O)C(O)C1O)C(O)CCCCCCCCCCCCCCCCCCC. The Labute approximate surface area is 325 Å². The Kier molecular flexibility index (Phi) is 29.4. The van der Waals surface area contributed by atoms with Crippen LogP contribution in [0.25, 0.3) is 0 Å². The molecule has 0 saturated heterocycles. The van der Waals surface area contributed by atoms with Gasteiger partial charge in [-0.25, -0.2) is 4.57 Å². The van der Waals surface area contributed by atoms with Crippen LogP contribution in [0.2, 0.25) is 0 Å². The van der Waals surface area contributed by atoms with Crippen LogP contribution in [0.4, 0.5) is 0 Å². The predicted molar refractivity (Wildman–Crippen MR) is 211 cm³/mol. The molecule has 0 aromatic carbocycles. The van der Waals surface area contributed by atoms with Gasteiger partial charge in [-0.15, -0.1) is 0 Å². The van der Waals surface area contributed by atoms with Gasteiger partial charge in [0.25, 0.3) is 0 Å². The number of phosphoric ester groups is 1. The molecule has 9 N–H and O–H groups in total. The summed E-state index contributed by atoms with van der Waals surface area (Å²) < 4.78 is 22.8. The summed E-state index contributed by atoms with van der Waals surface area (Å²) in [5.74, 6) is -0.596. The molecule has 14 heteroatoms. The number of hydrogen-bond donors (Lipinski definition) is 9. The Morgan fingerprint density at radius 2 is 1.07 bits per heavy atom. The molecule has 320 valence electrons. The highest BCUT2D eigenvalue weighted by molar-refractivity contribution is 7.47. The Hall–Kier alpha value is -0.960. The maximum atomic E-state index is 12.9. The van der Waals surface area contributed by atoms with E-state index in [9.17, 15) is 50.0 Å². The smallest absolute Gasteiger partial charge is 0.392 e. The summed E-state index contributed by atoms with van der Waals surface area (Å²) in [6.07, 6.45) is 16.0. The number of aliphatic hydroxyl groups is 7. The van der Waals surface area contributed by atoms with E-state index in [0.717, 1.165) is 51.4 Å². The van der Waals surface area contributed by atoms with Crippen LogP contribution in [0.5, 0.6) is 0 Å². The molecular weight excluding hydrogens is 717 g/mol. The van der Waals surface area contributed by atoms with Gasteiger partial charge in [-0.1, -0.05) is 154 Å². The molecule has 1 fully saturated rings. The van der Waals surface area contributed by atoms with E-state index in [2.05, 4.69) is 19.2 Å². The lowest BCUT2D eigenvalue weighted by atomic mass is 9.85. The average Bonchev–Trinajstić information content (AvgIpc) is 3.14. The number of carbonyl (C=O) groups excluding carboxylic acids is 1. The van der Waals surface area contributed by atoms with E-state index in [1.54, 1.807) is 0 Å². The first-order valence-corrected chi connectivity index (χ1v) is 22.7. The Bertz CT molecular complexity index is 990. The van der Waals surface area contributed by atoms with Crippen LogP contribution in [0.1, 0.15) is 174 Å². The number of hydrogen-bond acceptors (Lipinski definition) is 11. The molecule has 0 heterocycles. The number of unbranched alkanes of at least 4 members (excludes halogenated alkanes) is 20. The van der Waals surface area contributed by atoms with Crippen LogP contribution < -0.4 is 5.32 Å². The topological polar surface area (TPSA) is 226 Å². The van der Waals surface area contributed by atoms with Crippen LogP contribution in [0.3, 0.4) is 0 Å². The van der Waals surface area contributed by atoms with Crippen molar-refractivity contribution < 1.29 is 59.0 Å². The van der Waals surface area contributed by atoms with Gasteiger partial charge in [-0.05, 0) is 25.7 Å². The Morgan fingerprint density at radius 1 is 0.648 bits per heavy atom. The monoisotopic (exact) mass is 796 g/mol. The largest absolute Gasteiger partial charge is 0.472 e. The van der Waals surface area contributed by atoms with Crippen molar-refractivity contribution >= 4 is 13.7 Å². The van der Waals surface area contributed by atoms with Gasteiger partial charge in [0.1, 0.15) is 36.6 Å². The van der Waals surface area contributed by atoms with Gasteiger partial charge in [0.15, 0.2) is 0 Å². The minimum absolute atomic E-state index is 0.266. The van der Waals surface area contributed by atoms with E-state index in [0.29, 0.717) is 6.42 Å². The van der Waals surface area contributed by atoms with Gasteiger partial charge in [0.05, 0.1) is 31.3 Å². The second kappa shape index (κ2) is 31.1. The molecule has 1 aliphatic rings. The van der Waals surface area contributed by atoms with Gasteiger partial charge < -0.3 is 46.0 Å². The highest BCUT2D eigenvalue weighted by Crippen LogP contribution is 2.47. The summed E-state index contributed by atoms with van der Waals surface area (Å²) in [7, 11) is -5.11. The normalized spacial score (nSPS) is 24.7. The number of carbonyl (C=O) groups is 1. The average molecular weight is 796 g/mol. The van der Waals surface area contributed by atoms with Crippen molar-refractivity contribution in [2.45, 2.75) is 229 Å². The molecule has 1 rings (SSSR count). The molecular formula is C40H78NO12P. The number of aliphatic hydroxyl groups excluding tert-OH is 7. The van der Waals surface area contributed by atoms with Crippen LogP contribution in [-0.4, -0.2) is 108 Å². The minimum Gasteiger partial charge on any atom is -0.392 e. The highest BCUT2D eigenvalue weighted by Gasteiger charge is 2.51. The molecule has 8 atom stereocenters. The molecule has 1 saturated carbocycles. The van der Waals surface area contributed by atoms with Gasteiger partial charge in [0, 0.05) is 0 Å². The number of phosphoric acid groups is 1. The van der Waals surface area contributed by atoms with Gasteiger partial charge in [0.2, 0.25) is 5.91 Å². The molecule has 1 aliphatic carbocycles. The van der Waals surface area contributed by atoms with Crippen molar-refractivity contribution in [2.24, 2.45) is 0 Å². The summed E-state index contributed by atoms with van der Waals surface area (Å²) >= 11 is 0. The summed E-state index contributed by atoms with van der Waals surface area (Å²) in [5.41, 5.74) is 0. The maximum absolute atomic E-state index is 12.9. The van der Waals surface area contributed by atoms with E-state index >= 15 is 0 Å². The standard InChI is InChI=1S/C40H78NO12P/c1-3-5-7-9-11-12-13-14-15-16-17-18-19-20-22-24-26-28-33(43)32(41-34(44)29-31(42)27-25-23-21-10-8-6-4-2)30-52-54(50,51)53-40-38(48)36(46)35(45)37(47)39(40)49/h23,25,31-33,35-40,42-43,45-49H,3-22,24,26-30H2,1-2H3,(H,41,44)(H,50,51)/b25-23-. The Morgan fingerprint density at radius 3 is 1.56 bits per heavy atom. The fourth-order valence-electron chi connectivity index (χ4n) is 6.83. The molecule has 0 spiro atoms. The van der Waals surface area contributed by atoms with Gasteiger partial charge in [-0.2, -0.15) is 0 Å². The van der Waals surface area contributed by atoms with Crippen molar-refractivity contribution in [3.05, 3.63) is 12.2 Å². The molecule has 13 nitrogen and oxygen atoms in total. The van der Waals surface area contributed by atoms with Crippen LogP contribution in [-0.2, 0) is 18.4 Å². The second-order valence-electron chi connectivity index (χ2n) is 15.4. The fourth-order valence-corrected chi connectivity index (χ4v) is 7.80. The summed E-state index contributed by atoms with van der Waals surface area (Å²) in [6.45, 7) is 3.69. The number of amides is 1. The zero-order valence-corrected chi connectivity index (χ0v) is 34.3. The third kappa shape index (κ3) is 23.3. The third-order valence-electron chi connectivity index (χ3n) is 10.4. The van der Waals surface area contributed by atoms with E-state index in [1.807, 2.05) is 12.2 Å². The van der Waals surface area contributed by atoms with Crippen LogP contribution in [0.15, 0.2) is 12.2 Å². The molecule has 0 bridgehead atoms. The lowest BCUT2D eigenvalue weighted by Crippen LogP contribution is -2.64.